The van der Waals surface area contributed by atoms with Crippen LogP contribution in [0, 0.1) is 35.5 Å². The first-order chi connectivity index (χ1) is 6.83. The molecule has 3 aliphatic rings. The summed E-state index contributed by atoms with van der Waals surface area (Å²) < 4.78 is 0. The van der Waals surface area contributed by atoms with Crippen LogP contribution in [0.5, 0.6) is 0 Å². The van der Waals surface area contributed by atoms with Crippen molar-refractivity contribution >= 4 is 0 Å². The lowest BCUT2D eigenvalue weighted by molar-refractivity contribution is 0.120. The summed E-state index contributed by atoms with van der Waals surface area (Å²) in [5.74, 6) is 4.61. The molecule has 3 rings (SSSR count). The fourth-order valence-corrected chi connectivity index (χ4v) is 4.68. The van der Waals surface area contributed by atoms with Gasteiger partial charge in [-0.05, 0) is 61.2 Å². The quantitative estimate of drug-likeness (QED) is 0.698. The summed E-state index contributed by atoms with van der Waals surface area (Å²) in [7, 11) is 0. The van der Waals surface area contributed by atoms with E-state index in [9.17, 15) is 10.2 Å². The Kier molecular flexibility index (Phi) is 2.10. The van der Waals surface area contributed by atoms with E-state index in [1.165, 1.54) is 25.7 Å². The molecule has 2 heteroatoms. The van der Waals surface area contributed by atoms with Crippen LogP contribution in [0.1, 0.15) is 25.7 Å². The minimum atomic E-state index is 0.385. The fraction of sp³-hybridized carbons (Fsp3) is 1.00. The second-order valence-electron chi connectivity index (χ2n) is 5.69. The van der Waals surface area contributed by atoms with E-state index in [1.807, 2.05) is 0 Å². The molecule has 0 aromatic heterocycles. The van der Waals surface area contributed by atoms with Crippen LogP contribution < -0.4 is 0 Å². The van der Waals surface area contributed by atoms with Crippen molar-refractivity contribution in [2.24, 2.45) is 35.5 Å². The molecule has 2 bridgehead atoms. The Balaban J connectivity index is 1.75. The van der Waals surface area contributed by atoms with E-state index in [-0.39, 0.29) is 0 Å². The number of rotatable bonds is 2. The average Bonchev–Trinajstić information content (AvgIpc) is 2.87. The van der Waals surface area contributed by atoms with Gasteiger partial charge in [0, 0.05) is 13.2 Å². The van der Waals surface area contributed by atoms with E-state index in [1.54, 1.807) is 0 Å². The molecule has 0 aliphatic heterocycles. The van der Waals surface area contributed by atoms with Gasteiger partial charge in [0.15, 0.2) is 0 Å². The lowest BCUT2D eigenvalue weighted by Gasteiger charge is -2.30. The van der Waals surface area contributed by atoms with Gasteiger partial charge in [-0.1, -0.05) is 0 Å². The smallest absolute Gasteiger partial charge is 0.0462 e. The van der Waals surface area contributed by atoms with Crippen LogP contribution in [-0.4, -0.2) is 23.4 Å². The summed E-state index contributed by atoms with van der Waals surface area (Å²) in [6.07, 6.45) is 5.14. The molecule has 0 saturated heterocycles. The second kappa shape index (κ2) is 3.21. The zero-order chi connectivity index (χ0) is 9.71. The van der Waals surface area contributed by atoms with Gasteiger partial charge in [0.05, 0.1) is 0 Å². The largest absolute Gasteiger partial charge is 0.396 e. The predicted molar refractivity (Wildman–Crippen MR) is 53.6 cm³/mol. The molecule has 0 radical (unpaired) electrons. The molecular formula is C12H20O2. The van der Waals surface area contributed by atoms with Crippen molar-refractivity contribution in [2.75, 3.05) is 13.2 Å². The highest BCUT2D eigenvalue weighted by atomic mass is 16.3. The first-order valence-corrected chi connectivity index (χ1v) is 6.05. The summed E-state index contributed by atoms with van der Waals surface area (Å²) >= 11 is 0. The number of hydrogen-bond donors (Lipinski definition) is 2. The molecule has 0 heterocycles. The first-order valence-electron chi connectivity index (χ1n) is 6.05. The molecule has 0 aromatic rings. The Hall–Kier alpha value is -0.0800. The van der Waals surface area contributed by atoms with Crippen LogP contribution in [0.15, 0.2) is 0 Å². The van der Waals surface area contributed by atoms with Crippen molar-refractivity contribution in [3.63, 3.8) is 0 Å². The summed E-state index contributed by atoms with van der Waals surface area (Å²) in [5, 5.41) is 18.5. The predicted octanol–water partition coefficient (Wildman–Crippen LogP) is 1.27. The summed E-state index contributed by atoms with van der Waals surface area (Å²) in [6, 6.07) is 0. The van der Waals surface area contributed by atoms with Crippen LogP contribution >= 0.6 is 0 Å². The third-order valence-corrected chi connectivity index (χ3v) is 5.20. The highest BCUT2D eigenvalue weighted by Gasteiger charge is 2.55. The van der Waals surface area contributed by atoms with Gasteiger partial charge in [-0.3, -0.25) is 0 Å². The van der Waals surface area contributed by atoms with Gasteiger partial charge >= 0.3 is 0 Å². The lowest BCUT2D eigenvalue weighted by atomic mass is 9.76. The monoisotopic (exact) mass is 196 g/mol. The van der Waals surface area contributed by atoms with Gasteiger partial charge in [0.1, 0.15) is 0 Å². The molecule has 0 aromatic carbocycles. The minimum absolute atomic E-state index is 0.385. The van der Waals surface area contributed by atoms with Gasteiger partial charge in [-0.15, -0.1) is 0 Å². The van der Waals surface area contributed by atoms with Crippen molar-refractivity contribution in [3.8, 4) is 0 Å². The van der Waals surface area contributed by atoms with Gasteiger partial charge in [-0.25, -0.2) is 0 Å². The van der Waals surface area contributed by atoms with Crippen LogP contribution in [0.2, 0.25) is 0 Å². The maximum atomic E-state index is 9.28. The zero-order valence-corrected chi connectivity index (χ0v) is 8.60. The molecule has 2 N–H and O–H groups in total. The fourth-order valence-electron chi connectivity index (χ4n) is 4.68. The zero-order valence-electron chi connectivity index (χ0n) is 8.60. The number of aliphatic hydroxyl groups is 2. The standard InChI is InChI=1S/C12H20O2/c13-5-7-1-10-8-3-9(6-14)11(4-8)12(10)2-7/h7-14H,1-6H2/t7-,8+,9-,10+,11+,12+/m1/s1. The van der Waals surface area contributed by atoms with Gasteiger partial charge < -0.3 is 10.2 Å². The third kappa shape index (κ3) is 1.10. The number of fused-ring (bicyclic) bond motifs is 5. The molecule has 3 saturated carbocycles. The van der Waals surface area contributed by atoms with Crippen molar-refractivity contribution in [1.29, 1.82) is 0 Å². The SMILES string of the molecule is OC[C@H]1C[C@H]2[C@@H](C1)[C@H]1C[C@H](CO)[C@@H]2C1. The molecule has 6 atom stereocenters. The van der Waals surface area contributed by atoms with Crippen molar-refractivity contribution in [1.82, 2.24) is 0 Å². The average molecular weight is 196 g/mol. The normalized spacial score (nSPS) is 55.3. The van der Waals surface area contributed by atoms with Crippen molar-refractivity contribution < 1.29 is 10.2 Å². The molecular weight excluding hydrogens is 176 g/mol. The molecule has 3 aliphatic carbocycles. The van der Waals surface area contributed by atoms with Crippen LogP contribution in [0.4, 0.5) is 0 Å². The number of aliphatic hydroxyl groups excluding tert-OH is 2. The van der Waals surface area contributed by atoms with E-state index >= 15 is 0 Å². The van der Waals surface area contributed by atoms with Gasteiger partial charge in [-0.2, -0.15) is 0 Å². The highest BCUT2D eigenvalue weighted by Crippen LogP contribution is 2.61. The summed E-state index contributed by atoms with van der Waals surface area (Å²) in [5.41, 5.74) is 0. The van der Waals surface area contributed by atoms with Crippen LogP contribution in [0.25, 0.3) is 0 Å². The maximum absolute atomic E-state index is 9.28. The Morgan fingerprint density at radius 1 is 0.786 bits per heavy atom. The Bertz CT molecular complexity index is 226. The Labute approximate surface area is 85.3 Å². The number of hydrogen-bond acceptors (Lipinski definition) is 2. The third-order valence-electron chi connectivity index (χ3n) is 5.20. The van der Waals surface area contributed by atoms with E-state index in [0.717, 1.165) is 23.7 Å². The molecule has 0 amide bonds. The van der Waals surface area contributed by atoms with Gasteiger partial charge in [0.2, 0.25) is 0 Å². The molecule has 0 unspecified atom stereocenters. The molecule has 80 valence electrons. The maximum Gasteiger partial charge on any atom is 0.0462 e. The summed E-state index contributed by atoms with van der Waals surface area (Å²) in [4.78, 5) is 0. The lowest BCUT2D eigenvalue weighted by Crippen LogP contribution is -2.26. The van der Waals surface area contributed by atoms with Gasteiger partial charge in [0.25, 0.3) is 0 Å². The highest BCUT2D eigenvalue weighted by molar-refractivity contribution is 5.04. The molecule has 2 nitrogen and oxygen atoms in total. The van der Waals surface area contributed by atoms with Crippen molar-refractivity contribution in [3.05, 3.63) is 0 Å². The summed E-state index contributed by atoms with van der Waals surface area (Å²) in [6.45, 7) is 0.782. The van der Waals surface area contributed by atoms with E-state index in [4.69, 9.17) is 0 Å². The molecule has 14 heavy (non-hydrogen) atoms. The van der Waals surface area contributed by atoms with Crippen molar-refractivity contribution in [2.45, 2.75) is 25.7 Å². The minimum Gasteiger partial charge on any atom is -0.396 e. The van der Waals surface area contributed by atoms with E-state index in [0.29, 0.717) is 25.0 Å². The van der Waals surface area contributed by atoms with E-state index < -0.39 is 0 Å². The van der Waals surface area contributed by atoms with Crippen LogP contribution in [0.3, 0.4) is 0 Å². The second-order valence-corrected chi connectivity index (χ2v) is 5.69. The Morgan fingerprint density at radius 3 is 2.29 bits per heavy atom. The topological polar surface area (TPSA) is 40.5 Å². The first kappa shape index (κ1) is 9.17. The van der Waals surface area contributed by atoms with E-state index in [2.05, 4.69) is 0 Å². The Morgan fingerprint density at radius 2 is 1.57 bits per heavy atom. The molecule has 3 fully saturated rings. The van der Waals surface area contributed by atoms with Crippen LogP contribution in [-0.2, 0) is 0 Å². The molecule has 0 spiro atoms.